The zero-order valence-corrected chi connectivity index (χ0v) is 13.0. The Balaban J connectivity index is 2.98. The van der Waals surface area contributed by atoms with Gasteiger partial charge in [0.05, 0.1) is 12.0 Å². The second-order valence-corrected chi connectivity index (χ2v) is 5.77. The van der Waals surface area contributed by atoms with Crippen molar-refractivity contribution in [1.29, 1.82) is 0 Å². The molecule has 0 saturated carbocycles. The number of carbonyl (C=O) groups excluding carboxylic acids is 1. The Bertz CT molecular complexity index is 499. The second-order valence-electron chi connectivity index (χ2n) is 5.34. The van der Waals surface area contributed by atoms with Crippen LogP contribution in [0.3, 0.4) is 0 Å². The highest BCUT2D eigenvalue weighted by molar-refractivity contribution is 6.30. The van der Waals surface area contributed by atoms with E-state index in [4.69, 9.17) is 16.7 Å². The third-order valence-electron chi connectivity index (χ3n) is 3.22. The van der Waals surface area contributed by atoms with E-state index in [-0.39, 0.29) is 5.92 Å². The van der Waals surface area contributed by atoms with Crippen LogP contribution in [0.5, 0.6) is 0 Å². The van der Waals surface area contributed by atoms with Crippen LogP contribution in [0.15, 0.2) is 24.3 Å². The van der Waals surface area contributed by atoms with E-state index in [1.165, 1.54) is 6.92 Å². The standard InChI is InChI=1S/C15H20ClNO4/c1-8(2)12(10-4-6-11(16)7-5-10)14(19)17-13(9(3)18)15(20)21/h4-9,12-13,18H,1-3H3,(H,17,19)(H,20,21)/t9-,12?,13+/m1/s1. The fraction of sp³-hybridized carbons (Fsp3) is 0.467. The number of hydrogen-bond donors (Lipinski definition) is 3. The second kappa shape index (κ2) is 7.43. The summed E-state index contributed by atoms with van der Waals surface area (Å²) in [5, 5.41) is 21.4. The van der Waals surface area contributed by atoms with E-state index in [1.54, 1.807) is 24.3 Å². The summed E-state index contributed by atoms with van der Waals surface area (Å²) in [6.45, 7) is 5.07. The van der Waals surface area contributed by atoms with Gasteiger partial charge >= 0.3 is 5.97 Å². The van der Waals surface area contributed by atoms with Crippen LogP contribution < -0.4 is 5.32 Å². The molecule has 1 unspecified atom stereocenters. The predicted octanol–water partition coefficient (Wildman–Crippen LogP) is 2.03. The third-order valence-corrected chi connectivity index (χ3v) is 3.48. The number of halogens is 1. The minimum absolute atomic E-state index is 0.0328. The average Bonchev–Trinajstić information content (AvgIpc) is 2.37. The highest BCUT2D eigenvalue weighted by Crippen LogP contribution is 2.26. The van der Waals surface area contributed by atoms with Gasteiger partial charge in [-0.05, 0) is 30.5 Å². The van der Waals surface area contributed by atoms with Gasteiger partial charge in [-0.3, -0.25) is 4.79 Å². The van der Waals surface area contributed by atoms with Crippen molar-refractivity contribution in [1.82, 2.24) is 5.32 Å². The maximum atomic E-state index is 12.4. The van der Waals surface area contributed by atoms with Crippen LogP contribution in [0.4, 0.5) is 0 Å². The molecule has 21 heavy (non-hydrogen) atoms. The first kappa shape index (κ1) is 17.5. The molecule has 1 amide bonds. The summed E-state index contributed by atoms with van der Waals surface area (Å²) in [4.78, 5) is 23.4. The number of benzene rings is 1. The maximum absolute atomic E-state index is 12.4. The number of nitrogens with one attached hydrogen (secondary N) is 1. The molecule has 0 bridgehead atoms. The molecular formula is C15H20ClNO4. The summed E-state index contributed by atoms with van der Waals surface area (Å²) in [6.07, 6.45) is -1.18. The largest absolute Gasteiger partial charge is 0.480 e. The smallest absolute Gasteiger partial charge is 0.328 e. The molecule has 1 aromatic rings. The Morgan fingerprint density at radius 2 is 1.67 bits per heavy atom. The Morgan fingerprint density at radius 3 is 2.05 bits per heavy atom. The van der Waals surface area contributed by atoms with Crippen LogP contribution in [0.1, 0.15) is 32.3 Å². The Kier molecular flexibility index (Phi) is 6.18. The highest BCUT2D eigenvalue weighted by Gasteiger charge is 2.30. The predicted molar refractivity (Wildman–Crippen MR) is 80.3 cm³/mol. The Hall–Kier alpha value is -1.59. The van der Waals surface area contributed by atoms with Crippen LogP contribution in [0, 0.1) is 5.92 Å². The van der Waals surface area contributed by atoms with Gasteiger partial charge in [0.25, 0.3) is 0 Å². The molecule has 1 aromatic carbocycles. The molecule has 0 spiro atoms. The molecule has 0 aliphatic heterocycles. The van der Waals surface area contributed by atoms with E-state index in [0.717, 1.165) is 5.56 Å². The average molecular weight is 314 g/mol. The van der Waals surface area contributed by atoms with Gasteiger partial charge in [-0.25, -0.2) is 4.79 Å². The molecule has 0 saturated heterocycles. The molecule has 3 atom stereocenters. The minimum Gasteiger partial charge on any atom is -0.480 e. The number of carbonyl (C=O) groups is 2. The first-order valence-electron chi connectivity index (χ1n) is 6.70. The lowest BCUT2D eigenvalue weighted by molar-refractivity contribution is -0.145. The number of hydrogen-bond acceptors (Lipinski definition) is 3. The summed E-state index contributed by atoms with van der Waals surface area (Å²) in [5.74, 6) is -2.24. The maximum Gasteiger partial charge on any atom is 0.328 e. The van der Waals surface area contributed by atoms with Crippen molar-refractivity contribution in [3.63, 3.8) is 0 Å². The lowest BCUT2D eigenvalue weighted by Gasteiger charge is -2.24. The lowest BCUT2D eigenvalue weighted by Crippen LogP contribution is -2.49. The normalized spacial score (nSPS) is 15.3. The van der Waals surface area contributed by atoms with E-state index in [0.29, 0.717) is 5.02 Å². The van der Waals surface area contributed by atoms with Gasteiger partial charge < -0.3 is 15.5 Å². The van der Waals surface area contributed by atoms with Crippen LogP contribution in [0.25, 0.3) is 0 Å². The topological polar surface area (TPSA) is 86.6 Å². The minimum atomic E-state index is -1.33. The molecule has 0 fully saturated rings. The SMILES string of the molecule is CC(C)C(C(=O)N[C@H](C(=O)O)[C@@H](C)O)c1ccc(Cl)cc1. The molecular weight excluding hydrogens is 294 g/mol. The Labute approximate surface area is 128 Å². The molecule has 0 aliphatic carbocycles. The summed E-state index contributed by atoms with van der Waals surface area (Å²) < 4.78 is 0. The summed E-state index contributed by atoms with van der Waals surface area (Å²) in [6, 6.07) is 5.52. The number of carboxylic acid groups (broad SMARTS) is 1. The van der Waals surface area contributed by atoms with Gasteiger partial charge in [0.1, 0.15) is 0 Å². The van der Waals surface area contributed by atoms with Crippen molar-refractivity contribution >= 4 is 23.5 Å². The number of carboxylic acids is 1. The van der Waals surface area contributed by atoms with Crippen molar-refractivity contribution in [3.05, 3.63) is 34.9 Å². The number of aliphatic hydroxyl groups is 1. The monoisotopic (exact) mass is 313 g/mol. The van der Waals surface area contributed by atoms with Crippen molar-refractivity contribution < 1.29 is 19.8 Å². The fourth-order valence-electron chi connectivity index (χ4n) is 2.14. The van der Waals surface area contributed by atoms with Gasteiger partial charge in [-0.1, -0.05) is 37.6 Å². The van der Waals surface area contributed by atoms with Crippen LogP contribution >= 0.6 is 11.6 Å². The molecule has 3 N–H and O–H groups in total. The zero-order chi connectivity index (χ0) is 16.2. The van der Waals surface area contributed by atoms with Gasteiger partial charge in [0, 0.05) is 5.02 Å². The van der Waals surface area contributed by atoms with Gasteiger partial charge in [0.15, 0.2) is 6.04 Å². The van der Waals surface area contributed by atoms with Crippen LogP contribution in [-0.4, -0.2) is 34.2 Å². The first-order chi connectivity index (χ1) is 9.73. The zero-order valence-electron chi connectivity index (χ0n) is 12.2. The van der Waals surface area contributed by atoms with Crippen molar-refractivity contribution in [2.24, 2.45) is 5.92 Å². The van der Waals surface area contributed by atoms with E-state index < -0.39 is 29.9 Å². The molecule has 6 heteroatoms. The highest BCUT2D eigenvalue weighted by atomic mass is 35.5. The lowest BCUT2D eigenvalue weighted by atomic mass is 9.87. The fourth-order valence-corrected chi connectivity index (χ4v) is 2.27. The number of aliphatic hydroxyl groups excluding tert-OH is 1. The van der Waals surface area contributed by atoms with Crippen LogP contribution in [0.2, 0.25) is 5.02 Å². The van der Waals surface area contributed by atoms with E-state index in [9.17, 15) is 14.7 Å². The van der Waals surface area contributed by atoms with Crippen molar-refractivity contribution in [3.8, 4) is 0 Å². The van der Waals surface area contributed by atoms with Crippen LogP contribution in [-0.2, 0) is 9.59 Å². The van der Waals surface area contributed by atoms with Gasteiger partial charge in [0.2, 0.25) is 5.91 Å². The van der Waals surface area contributed by atoms with E-state index in [2.05, 4.69) is 5.32 Å². The molecule has 1 rings (SSSR count). The molecule has 0 heterocycles. The van der Waals surface area contributed by atoms with Crippen molar-refractivity contribution in [2.45, 2.75) is 38.8 Å². The summed E-state index contributed by atoms with van der Waals surface area (Å²) in [7, 11) is 0. The molecule has 0 aliphatic rings. The Morgan fingerprint density at radius 1 is 1.14 bits per heavy atom. The molecule has 116 valence electrons. The first-order valence-corrected chi connectivity index (χ1v) is 7.08. The third kappa shape index (κ3) is 4.72. The summed E-state index contributed by atoms with van der Waals surface area (Å²) >= 11 is 5.83. The number of amides is 1. The van der Waals surface area contributed by atoms with Gasteiger partial charge in [-0.2, -0.15) is 0 Å². The van der Waals surface area contributed by atoms with Gasteiger partial charge in [-0.15, -0.1) is 0 Å². The number of rotatable bonds is 6. The summed E-state index contributed by atoms with van der Waals surface area (Å²) in [5.41, 5.74) is 0.752. The number of aliphatic carboxylic acids is 1. The van der Waals surface area contributed by atoms with Crippen molar-refractivity contribution in [2.75, 3.05) is 0 Å². The molecule has 0 radical (unpaired) electrons. The molecule has 0 aromatic heterocycles. The van der Waals surface area contributed by atoms with E-state index in [1.807, 2.05) is 13.8 Å². The van der Waals surface area contributed by atoms with E-state index >= 15 is 0 Å². The molecule has 5 nitrogen and oxygen atoms in total. The quantitative estimate of drug-likeness (QED) is 0.750.